The monoisotopic (exact) mass is 424 g/mol. The SMILES string of the molecule is Cc1cc(C)c(C)c(OCC(=O)N(Cc2ccccc2C)C(C)C(=O)NC(C)(C)C)c1. The second-order valence-corrected chi connectivity index (χ2v) is 9.36. The van der Waals surface area contributed by atoms with Crippen LogP contribution in [-0.2, 0) is 16.1 Å². The summed E-state index contributed by atoms with van der Waals surface area (Å²) in [6.07, 6.45) is 0. The van der Waals surface area contributed by atoms with Gasteiger partial charge in [0.2, 0.25) is 5.91 Å². The number of ether oxygens (including phenoxy) is 1. The fourth-order valence-corrected chi connectivity index (χ4v) is 3.40. The summed E-state index contributed by atoms with van der Waals surface area (Å²) in [4.78, 5) is 27.7. The van der Waals surface area contributed by atoms with E-state index in [9.17, 15) is 9.59 Å². The smallest absolute Gasteiger partial charge is 0.261 e. The van der Waals surface area contributed by atoms with E-state index in [4.69, 9.17) is 4.74 Å². The first kappa shape index (κ1) is 24.4. The van der Waals surface area contributed by atoms with Crippen LogP contribution in [0.25, 0.3) is 0 Å². The highest BCUT2D eigenvalue weighted by atomic mass is 16.5. The van der Waals surface area contributed by atoms with Crippen LogP contribution in [0.1, 0.15) is 55.5 Å². The zero-order valence-electron chi connectivity index (χ0n) is 20.1. The summed E-state index contributed by atoms with van der Waals surface area (Å²) < 4.78 is 5.92. The van der Waals surface area contributed by atoms with E-state index in [1.807, 2.05) is 78.8 Å². The quantitative estimate of drug-likeness (QED) is 0.705. The Kier molecular flexibility index (Phi) is 7.88. The molecule has 168 valence electrons. The molecule has 0 aliphatic carbocycles. The number of hydrogen-bond donors (Lipinski definition) is 1. The molecule has 0 spiro atoms. The van der Waals surface area contributed by atoms with Gasteiger partial charge in [-0.25, -0.2) is 0 Å². The first-order valence-electron chi connectivity index (χ1n) is 10.8. The van der Waals surface area contributed by atoms with Crippen molar-refractivity contribution in [3.63, 3.8) is 0 Å². The summed E-state index contributed by atoms with van der Waals surface area (Å²) in [5.74, 6) is 0.295. The Hall–Kier alpha value is -2.82. The van der Waals surface area contributed by atoms with Crippen molar-refractivity contribution in [1.82, 2.24) is 10.2 Å². The van der Waals surface area contributed by atoms with Gasteiger partial charge < -0.3 is 15.0 Å². The van der Waals surface area contributed by atoms with E-state index < -0.39 is 6.04 Å². The van der Waals surface area contributed by atoms with Crippen molar-refractivity contribution in [1.29, 1.82) is 0 Å². The molecule has 1 unspecified atom stereocenters. The third kappa shape index (κ3) is 6.84. The third-order valence-corrected chi connectivity index (χ3v) is 5.38. The standard InChI is InChI=1S/C26H36N2O3/c1-17-13-19(3)20(4)23(14-17)31-16-24(29)28(15-22-12-10-9-11-18(22)2)21(5)25(30)27-26(6,7)8/h9-14,21H,15-16H2,1-8H3,(H,27,30). The zero-order chi connectivity index (χ0) is 23.3. The highest BCUT2D eigenvalue weighted by Gasteiger charge is 2.29. The maximum atomic E-state index is 13.2. The van der Waals surface area contributed by atoms with Crippen molar-refractivity contribution < 1.29 is 14.3 Å². The van der Waals surface area contributed by atoms with Crippen molar-refractivity contribution in [2.45, 2.75) is 73.5 Å². The maximum Gasteiger partial charge on any atom is 0.261 e. The molecule has 2 rings (SSSR count). The number of aryl methyl sites for hydroxylation is 3. The number of benzene rings is 2. The Labute approximate surface area is 186 Å². The number of carbonyl (C=O) groups is 2. The van der Waals surface area contributed by atoms with Gasteiger partial charge in [-0.2, -0.15) is 0 Å². The van der Waals surface area contributed by atoms with Gasteiger partial charge in [0, 0.05) is 12.1 Å². The molecule has 5 nitrogen and oxygen atoms in total. The van der Waals surface area contributed by atoms with Crippen LogP contribution in [-0.4, -0.2) is 34.9 Å². The van der Waals surface area contributed by atoms with Crippen molar-refractivity contribution in [3.8, 4) is 5.75 Å². The maximum absolute atomic E-state index is 13.2. The van der Waals surface area contributed by atoms with Gasteiger partial charge in [-0.3, -0.25) is 9.59 Å². The predicted molar refractivity (Wildman–Crippen MR) is 125 cm³/mol. The lowest BCUT2D eigenvalue weighted by Crippen LogP contribution is -2.53. The van der Waals surface area contributed by atoms with Crippen molar-refractivity contribution in [2.24, 2.45) is 0 Å². The van der Waals surface area contributed by atoms with E-state index >= 15 is 0 Å². The lowest BCUT2D eigenvalue weighted by molar-refractivity contribution is -0.142. The molecule has 2 amide bonds. The molecule has 0 heterocycles. The van der Waals surface area contributed by atoms with Gasteiger partial charge in [-0.15, -0.1) is 0 Å². The van der Waals surface area contributed by atoms with Crippen LogP contribution >= 0.6 is 0 Å². The van der Waals surface area contributed by atoms with Gasteiger partial charge in [-0.05, 0) is 89.3 Å². The predicted octanol–water partition coefficient (Wildman–Crippen LogP) is 4.63. The minimum absolute atomic E-state index is 0.122. The topological polar surface area (TPSA) is 58.6 Å². The lowest BCUT2D eigenvalue weighted by Gasteiger charge is -2.31. The van der Waals surface area contributed by atoms with Crippen LogP contribution in [0, 0.1) is 27.7 Å². The zero-order valence-corrected chi connectivity index (χ0v) is 20.1. The van der Waals surface area contributed by atoms with Gasteiger partial charge in [0.25, 0.3) is 5.91 Å². The fraction of sp³-hybridized carbons (Fsp3) is 0.462. The van der Waals surface area contributed by atoms with E-state index in [1.165, 1.54) is 0 Å². The van der Waals surface area contributed by atoms with Crippen molar-refractivity contribution in [2.75, 3.05) is 6.61 Å². The molecule has 0 radical (unpaired) electrons. The number of amides is 2. The van der Waals surface area contributed by atoms with Crippen molar-refractivity contribution >= 4 is 11.8 Å². The average Bonchev–Trinajstić information content (AvgIpc) is 2.67. The van der Waals surface area contributed by atoms with E-state index in [1.54, 1.807) is 11.8 Å². The highest BCUT2D eigenvalue weighted by Crippen LogP contribution is 2.23. The highest BCUT2D eigenvalue weighted by molar-refractivity contribution is 5.88. The second kappa shape index (κ2) is 9.99. The Bertz CT molecular complexity index is 944. The number of carbonyl (C=O) groups excluding carboxylic acids is 2. The molecule has 0 aromatic heterocycles. The van der Waals surface area contributed by atoms with Crippen molar-refractivity contribution in [3.05, 3.63) is 64.2 Å². The summed E-state index contributed by atoms with van der Waals surface area (Å²) >= 11 is 0. The summed E-state index contributed by atoms with van der Waals surface area (Å²) in [5.41, 5.74) is 4.93. The molecule has 5 heteroatoms. The molecule has 31 heavy (non-hydrogen) atoms. The Morgan fingerprint density at radius 2 is 1.68 bits per heavy atom. The largest absolute Gasteiger partial charge is 0.483 e. The number of nitrogens with one attached hydrogen (secondary N) is 1. The number of nitrogens with zero attached hydrogens (tertiary/aromatic N) is 1. The Morgan fingerprint density at radius 3 is 2.29 bits per heavy atom. The van der Waals surface area contributed by atoms with Crippen LogP contribution in [0.4, 0.5) is 0 Å². The van der Waals surface area contributed by atoms with Crippen LogP contribution < -0.4 is 10.1 Å². The first-order chi connectivity index (χ1) is 14.4. The third-order valence-electron chi connectivity index (χ3n) is 5.38. The normalized spacial score (nSPS) is 12.3. The fourth-order valence-electron chi connectivity index (χ4n) is 3.40. The van der Waals surface area contributed by atoms with E-state index in [0.29, 0.717) is 12.3 Å². The molecular weight excluding hydrogens is 388 g/mol. The first-order valence-corrected chi connectivity index (χ1v) is 10.8. The van der Waals surface area contributed by atoms with Gasteiger partial charge in [0.1, 0.15) is 11.8 Å². The Balaban J connectivity index is 2.25. The molecule has 1 N–H and O–H groups in total. The van der Waals surface area contributed by atoms with Gasteiger partial charge >= 0.3 is 0 Å². The number of rotatable bonds is 7. The minimum Gasteiger partial charge on any atom is -0.483 e. The van der Waals surface area contributed by atoms with Gasteiger partial charge in [-0.1, -0.05) is 30.3 Å². The van der Waals surface area contributed by atoms with Crippen LogP contribution in [0.15, 0.2) is 36.4 Å². The summed E-state index contributed by atoms with van der Waals surface area (Å²) in [6.45, 7) is 15.8. The molecule has 0 aliphatic heterocycles. The van der Waals surface area contributed by atoms with Gasteiger partial charge in [0.15, 0.2) is 6.61 Å². The van der Waals surface area contributed by atoms with Crippen LogP contribution in [0.5, 0.6) is 5.75 Å². The summed E-state index contributed by atoms with van der Waals surface area (Å²) in [5, 5.41) is 2.98. The molecular formula is C26H36N2O3. The molecule has 2 aromatic rings. The molecule has 0 saturated heterocycles. The molecule has 0 bridgehead atoms. The van der Waals surface area contributed by atoms with E-state index in [0.717, 1.165) is 27.8 Å². The summed E-state index contributed by atoms with van der Waals surface area (Å²) in [6, 6.07) is 11.3. The molecule has 0 fully saturated rings. The Morgan fingerprint density at radius 1 is 1.03 bits per heavy atom. The van der Waals surface area contributed by atoms with E-state index in [-0.39, 0.29) is 24.0 Å². The van der Waals surface area contributed by atoms with Crippen LogP contribution in [0.2, 0.25) is 0 Å². The van der Waals surface area contributed by atoms with E-state index in [2.05, 4.69) is 11.4 Å². The molecule has 1 atom stereocenters. The average molecular weight is 425 g/mol. The summed E-state index contributed by atoms with van der Waals surface area (Å²) in [7, 11) is 0. The molecule has 0 saturated carbocycles. The molecule has 2 aromatic carbocycles. The lowest BCUT2D eigenvalue weighted by atomic mass is 10.1. The van der Waals surface area contributed by atoms with Crippen LogP contribution in [0.3, 0.4) is 0 Å². The number of hydrogen-bond acceptors (Lipinski definition) is 3. The minimum atomic E-state index is -0.629. The van der Waals surface area contributed by atoms with Gasteiger partial charge in [0.05, 0.1) is 0 Å². The second-order valence-electron chi connectivity index (χ2n) is 9.36. The molecule has 0 aliphatic rings.